The third-order valence-corrected chi connectivity index (χ3v) is 3.26. The van der Waals surface area contributed by atoms with Crippen LogP contribution in [0.25, 0.3) is 0 Å². The molecule has 0 aliphatic carbocycles. The van der Waals surface area contributed by atoms with Gasteiger partial charge < -0.3 is 5.73 Å². The van der Waals surface area contributed by atoms with E-state index >= 15 is 0 Å². The summed E-state index contributed by atoms with van der Waals surface area (Å²) in [4.78, 5) is 0. The standard InChI is InChI=1S/C7H13Cl2NS/c1-6(3-10)4-11-5-7(9)2-8/h2,6H,3-5,10H2,1H3. The highest BCUT2D eigenvalue weighted by atomic mass is 35.5. The Labute approximate surface area is 82.3 Å². The van der Waals surface area contributed by atoms with Crippen molar-refractivity contribution < 1.29 is 0 Å². The molecule has 0 aromatic heterocycles. The molecule has 0 radical (unpaired) electrons. The van der Waals surface area contributed by atoms with Crippen molar-refractivity contribution in [3.63, 3.8) is 0 Å². The van der Waals surface area contributed by atoms with Crippen LogP contribution >= 0.6 is 35.0 Å². The molecule has 0 saturated heterocycles. The zero-order chi connectivity index (χ0) is 8.69. The Balaban J connectivity index is 3.27. The first kappa shape index (κ1) is 11.6. The predicted octanol–water partition coefficient (Wildman–Crippen LogP) is 2.63. The van der Waals surface area contributed by atoms with E-state index in [1.165, 1.54) is 5.54 Å². The van der Waals surface area contributed by atoms with Gasteiger partial charge in [0.2, 0.25) is 0 Å². The van der Waals surface area contributed by atoms with Gasteiger partial charge in [-0.05, 0) is 18.2 Å². The molecular formula is C7H13Cl2NS. The van der Waals surface area contributed by atoms with Crippen molar-refractivity contribution >= 4 is 35.0 Å². The van der Waals surface area contributed by atoms with Gasteiger partial charge in [-0.15, -0.1) is 0 Å². The maximum atomic E-state index is 5.67. The Morgan fingerprint density at radius 3 is 2.82 bits per heavy atom. The molecule has 11 heavy (non-hydrogen) atoms. The molecule has 1 atom stereocenters. The van der Waals surface area contributed by atoms with E-state index in [0.717, 1.165) is 18.1 Å². The highest BCUT2D eigenvalue weighted by Crippen LogP contribution is 2.14. The van der Waals surface area contributed by atoms with Crippen molar-refractivity contribution in [1.29, 1.82) is 0 Å². The molecule has 0 aromatic rings. The van der Waals surface area contributed by atoms with Gasteiger partial charge in [0.25, 0.3) is 0 Å². The lowest BCUT2D eigenvalue weighted by molar-refractivity contribution is 0.676. The molecule has 0 aromatic carbocycles. The van der Waals surface area contributed by atoms with E-state index in [0.29, 0.717) is 11.0 Å². The van der Waals surface area contributed by atoms with Crippen LogP contribution in [0.1, 0.15) is 6.92 Å². The van der Waals surface area contributed by atoms with Gasteiger partial charge in [0.05, 0.1) is 0 Å². The fourth-order valence-corrected chi connectivity index (χ4v) is 1.79. The highest BCUT2D eigenvalue weighted by molar-refractivity contribution is 7.99. The smallest absolute Gasteiger partial charge is 0.0392 e. The van der Waals surface area contributed by atoms with Crippen molar-refractivity contribution in [3.8, 4) is 0 Å². The summed E-state index contributed by atoms with van der Waals surface area (Å²) in [6.45, 7) is 2.85. The molecule has 0 fully saturated rings. The third-order valence-electron chi connectivity index (χ3n) is 1.16. The molecule has 0 bridgehead atoms. The first-order chi connectivity index (χ1) is 5.20. The summed E-state index contributed by atoms with van der Waals surface area (Å²) in [5, 5.41) is 0.695. The fourth-order valence-electron chi connectivity index (χ4n) is 0.457. The molecule has 0 rings (SSSR count). The number of hydrogen-bond acceptors (Lipinski definition) is 2. The van der Waals surface area contributed by atoms with Crippen LogP contribution in [0.3, 0.4) is 0 Å². The molecule has 66 valence electrons. The maximum Gasteiger partial charge on any atom is 0.0392 e. The zero-order valence-corrected chi connectivity index (χ0v) is 8.85. The van der Waals surface area contributed by atoms with Gasteiger partial charge in [-0.25, -0.2) is 0 Å². The average Bonchev–Trinajstić information content (AvgIpc) is 2.04. The van der Waals surface area contributed by atoms with Crippen LogP contribution in [0.5, 0.6) is 0 Å². The first-order valence-electron chi connectivity index (χ1n) is 3.43. The lowest BCUT2D eigenvalue weighted by atomic mass is 10.2. The number of nitrogens with two attached hydrogens (primary N) is 1. The minimum Gasteiger partial charge on any atom is -0.330 e. The summed E-state index contributed by atoms with van der Waals surface area (Å²) in [5.74, 6) is 2.38. The number of rotatable bonds is 5. The SMILES string of the molecule is CC(CN)CSCC(Cl)=CCl. The average molecular weight is 214 g/mol. The zero-order valence-electron chi connectivity index (χ0n) is 6.52. The van der Waals surface area contributed by atoms with E-state index in [1.54, 1.807) is 11.8 Å². The molecule has 0 aliphatic heterocycles. The summed E-state index contributed by atoms with van der Waals surface area (Å²) < 4.78 is 0. The highest BCUT2D eigenvalue weighted by Gasteiger charge is 1.99. The van der Waals surface area contributed by atoms with Crippen molar-refractivity contribution in [2.45, 2.75) is 6.92 Å². The Hall–Kier alpha value is 0.630. The van der Waals surface area contributed by atoms with Crippen molar-refractivity contribution in [2.75, 3.05) is 18.1 Å². The Kier molecular flexibility index (Phi) is 7.71. The van der Waals surface area contributed by atoms with Crippen molar-refractivity contribution in [1.82, 2.24) is 0 Å². The maximum absolute atomic E-state index is 5.67. The van der Waals surface area contributed by atoms with Gasteiger partial charge in [0, 0.05) is 16.3 Å². The second kappa shape index (κ2) is 7.29. The molecule has 0 heterocycles. The molecule has 0 saturated carbocycles. The van der Waals surface area contributed by atoms with Gasteiger partial charge in [0.1, 0.15) is 0 Å². The van der Waals surface area contributed by atoms with Crippen LogP contribution in [0.15, 0.2) is 10.6 Å². The largest absolute Gasteiger partial charge is 0.330 e. The van der Waals surface area contributed by atoms with E-state index in [1.807, 2.05) is 0 Å². The van der Waals surface area contributed by atoms with Gasteiger partial charge in [0.15, 0.2) is 0 Å². The minimum atomic E-state index is 0.555. The molecule has 0 spiro atoms. The van der Waals surface area contributed by atoms with Crippen LogP contribution in [0, 0.1) is 5.92 Å². The monoisotopic (exact) mass is 213 g/mol. The summed E-state index contributed by atoms with van der Waals surface area (Å²) in [6.07, 6.45) is 0. The molecule has 4 heteroatoms. The van der Waals surface area contributed by atoms with E-state index < -0.39 is 0 Å². The Morgan fingerprint density at radius 1 is 1.73 bits per heavy atom. The normalized spacial score (nSPS) is 15.1. The van der Waals surface area contributed by atoms with E-state index in [2.05, 4.69) is 6.92 Å². The van der Waals surface area contributed by atoms with Gasteiger partial charge in [-0.2, -0.15) is 11.8 Å². The van der Waals surface area contributed by atoms with Crippen LogP contribution in [0.4, 0.5) is 0 Å². The van der Waals surface area contributed by atoms with Crippen LogP contribution in [-0.4, -0.2) is 18.1 Å². The summed E-state index contributed by atoms with van der Waals surface area (Å²) in [7, 11) is 0. The minimum absolute atomic E-state index is 0.555. The molecule has 2 N–H and O–H groups in total. The summed E-state index contributed by atoms with van der Waals surface area (Å²) >= 11 is 12.8. The van der Waals surface area contributed by atoms with Gasteiger partial charge in [-0.3, -0.25) is 0 Å². The quantitative estimate of drug-likeness (QED) is 0.761. The molecule has 1 nitrogen and oxygen atoms in total. The molecular weight excluding hydrogens is 201 g/mol. The lowest BCUT2D eigenvalue weighted by Crippen LogP contribution is -2.12. The van der Waals surface area contributed by atoms with Gasteiger partial charge in [-0.1, -0.05) is 30.1 Å². The summed E-state index contributed by atoms with van der Waals surface area (Å²) in [6, 6.07) is 0. The van der Waals surface area contributed by atoms with Crippen molar-refractivity contribution in [3.05, 3.63) is 10.6 Å². The summed E-state index contributed by atoms with van der Waals surface area (Å²) in [5.41, 5.74) is 6.84. The number of hydrogen-bond donors (Lipinski definition) is 1. The van der Waals surface area contributed by atoms with E-state index in [9.17, 15) is 0 Å². The Morgan fingerprint density at radius 2 is 2.36 bits per heavy atom. The molecule has 0 aliphatic rings. The second-order valence-electron chi connectivity index (χ2n) is 2.41. The number of thioether (sulfide) groups is 1. The predicted molar refractivity (Wildman–Crippen MR) is 55.3 cm³/mol. The van der Waals surface area contributed by atoms with Crippen LogP contribution in [0.2, 0.25) is 0 Å². The van der Waals surface area contributed by atoms with Crippen LogP contribution < -0.4 is 5.73 Å². The second-order valence-corrected chi connectivity index (χ2v) is 4.15. The Bertz CT molecular complexity index is 128. The third kappa shape index (κ3) is 7.01. The lowest BCUT2D eigenvalue weighted by Gasteiger charge is -2.06. The molecule has 1 unspecified atom stereocenters. The molecule has 0 amide bonds. The first-order valence-corrected chi connectivity index (χ1v) is 5.40. The number of halogens is 2. The van der Waals surface area contributed by atoms with Crippen molar-refractivity contribution in [2.24, 2.45) is 11.7 Å². The van der Waals surface area contributed by atoms with Gasteiger partial charge >= 0.3 is 0 Å². The van der Waals surface area contributed by atoms with E-state index in [4.69, 9.17) is 28.9 Å². The van der Waals surface area contributed by atoms with Crippen LogP contribution in [-0.2, 0) is 0 Å². The fraction of sp³-hybridized carbons (Fsp3) is 0.714. The van der Waals surface area contributed by atoms with E-state index in [-0.39, 0.29) is 0 Å². The topological polar surface area (TPSA) is 26.0 Å².